The molecule has 0 aromatic heterocycles. The Kier molecular flexibility index (Phi) is 4.76. The molecule has 0 saturated carbocycles. The van der Waals surface area contributed by atoms with Gasteiger partial charge in [0.2, 0.25) is 0 Å². The van der Waals surface area contributed by atoms with E-state index in [1.165, 1.54) is 4.90 Å². The molecular formula is C18H15N2O4S-. The second-order valence-electron chi connectivity index (χ2n) is 5.58. The van der Waals surface area contributed by atoms with Crippen molar-refractivity contribution in [1.29, 1.82) is 0 Å². The first-order chi connectivity index (χ1) is 12.0. The molecular weight excluding hydrogens is 340 g/mol. The van der Waals surface area contributed by atoms with Crippen LogP contribution in [0.1, 0.15) is 5.56 Å². The molecule has 25 heavy (non-hydrogen) atoms. The number of carbonyl (C=O) groups excluding carboxylic acids is 3. The third-order valence-electron chi connectivity index (χ3n) is 3.79. The highest BCUT2D eigenvalue weighted by Gasteiger charge is 2.44. The first-order valence-electron chi connectivity index (χ1n) is 7.60. The molecule has 1 fully saturated rings. The van der Waals surface area contributed by atoms with Crippen LogP contribution in [0.15, 0.2) is 54.6 Å². The van der Waals surface area contributed by atoms with Crippen molar-refractivity contribution in [2.45, 2.75) is 12.3 Å². The van der Waals surface area contributed by atoms with Crippen LogP contribution >= 0.6 is 11.8 Å². The van der Waals surface area contributed by atoms with Crippen LogP contribution in [-0.4, -0.2) is 29.0 Å². The van der Waals surface area contributed by atoms with Crippen molar-refractivity contribution in [3.63, 3.8) is 0 Å². The molecule has 6 nitrogen and oxygen atoms in total. The predicted molar refractivity (Wildman–Crippen MR) is 94.2 cm³/mol. The lowest BCUT2D eigenvalue weighted by molar-refractivity contribution is -0.303. The van der Waals surface area contributed by atoms with Gasteiger partial charge in [-0.05, 0) is 43.0 Å². The largest absolute Gasteiger partial charge is 0.548 e. The molecule has 0 radical (unpaired) electrons. The number of carboxylic acids is 1. The lowest BCUT2D eigenvalue weighted by Crippen LogP contribution is -2.47. The Morgan fingerprint density at radius 2 is 1.76 bits per heavy atom. The molecule has 1 aliphatic rings. The third-order valence-corrected chi connectivity index (χ3v) is 4.85. The highest BCUT2D eigenvalue weighted by atomic mass is 32.2. The van der Waals surface area contributed by atoms with E-state index in [-0.39, 0.29) is 0 Å². The Morgan fingerprint density at radius 3 is 2.36 bits per heavy atom. The van der Waals surface area contributed by atoms with Crippen molar-refractivity contribution >= 4 is 40.3 Å². The van der Waals surface area contributed by atoms with Gasteiger partial charge in [0.05, 0.1) is 18.2 Å². The van der Waals surface area contributed by atoms with E-state index >= 15 is 0 Å². The number of para-hydroxylation sites is 1. The van der Waals surface area contributed by atoms with Crippen LogP contribution < -0.4 is 14.9 Å². The lowest BCUT2D eigenvalue weighted by atomic mass is 10.2. The molecule has 2 amide bonds. The minimum absolute atomic E-state index is 0.434. The van der Waals surface area contributed by atoms with Gasteiger partial charge >= 0.3 is 0 Å². The zero-order valence-electron chi connectivity index (χ0n) is 13.4. The number of nitrogens with zero attached hydrogens (tertiary/aromatic N) is 2. The fourth-order valence-electron chi connectivity index (χ4n) is 2.59. The van der Waals surface area contributed by atoms with E-state index in [9.17, 15) is 19.5 Å². The molecule has 128 valence electrons. The lowest BCUT2D eigenvalue weighted by Gasteiger charge is -2.29. The van der Waals surface area contributed by atoms with Gasteiger partial charge < -0.3 is 14.8 Å². The van der Waals surface area contributed by atoms with Gasteiger partial charge in [0.25, 0.3) is 11.1 Å². The van der Waals surface area contributed by atoms with Crippen molar-refractivity contribution in [3.8, 4) is 0 Å². The van der Waals surface area contributed by atoms with E-state index in [0.29, 0.717) is 11.4 Å². The van der Waals surface area contributed by atoms with Crippen LogP contribution in [0.2, 0.25) is 0 Å². The Morgan fingerprint density at radius 1 is 1.12 bits per heavy atom. The van der Waals surface area contributed by atoms with Crippen LogP contribution in [0, 0.1) is 6.92 Å². The van der Waals surface area contributed by atoms with E-state index < -0.39 is 29.0 Å². The number of thioether (sulfide) groups is 1. The van der Waals surface area contributed by atoms with E-state index in [1.54, 1.807) is 42.5 Å². The van der Waals surface area contributed by atoms with E-state index in [1.807, 2.05) is 19.1 Å². The molecule has 3 rings (SSSR count). The fraction of sp³-hybridized carbons (Fsp3) is 0.167. The summed E-state index contributed by atoms with van der Waals surface area (Å²) in [6.07, 6.45) is 0. The SMILES string of the molecule is Cc1ccc(N(CC(=O)[O-])[C@@H]2SC(=O)N(c3ccccc3)C2=O)cc1. The predicted octanol–water partition coefficient (Wildman–Crippen LogP) is 1.78. The van der Waals surface area contributed by atoms with Gasteiger partial charge in [0.15, 0.2) is 5.37 Å². The van der Waals surface area contributed by atoms with Crippen molar-refractivity contribution in [3.05, 3.63) is 60.2 Å². The van der Waals surface area contributed by atoms with E-state index in [0.717, 1.165) is 22.2 Å². The van der Waals surface area contributed by atoms with Gasteiger partial charge in [-0.25, -0.2) is 4.90 Å². The Balaban J connectivity index is 1.94. The fourth-order valence-corrected chi connectivity index (χ4v) is 3.61. The van der Waals surface area contributed by atoms with Crippen LogP contribution in [0.5, 0.6) is 0 Å². The van der Waals surface area contributed by atoms with Crippen LogP contribution in [0.4, 0.5) is 16.2 Å². The third kappa shape index (κ3) is 3.51. The summed E-state index contributed by atoms with van der Waals surface area (Å²) in [7, 11) is 0. The van der Waals surface area contributed by atoms with Crippen LogP contribution in [0.3, 0.4) is 0 Å². The Bertz CT molecular complexity index is 808. The normalized spacial score (nSPS) is 17.0. The van der Waals surface area contributed by atoms with Gasteiger partial charge in [0.1, 0.15) is 0 Å². The molecule has 1 saturated heterocycles. The second kappa shape index (κ2) is 6.98. The molecule has 7 heteroatoms. The summed E-state index contributed by atoms with van der Waals surface area (Å²) in [6, 6.07) is 15.6. The summed E-state index contributed by atoms with van der Waals surface area (Å²) < 4.78 is 0. The van der Waals surface area contributed by atoms with Gasteiger partial charge in [-0.15, -0.1) is 0 Å². The topological polar surface area (TPSA) is 80.8 Å². The molecule has 0 bridgehead atoms. The first-order valence-corrected chi connectivity index (χ1v) is 8.48. The molecule has 2 aromatic carbocycles. The van der Waals surface area contributed by atoms with Crippen molar-refractivity contribution in [1.82, 2.24) is 0 Å². The first kappa shape index (κ1) is 17.0. The van der Waals surface area contributed by atoms with E-state index in [4.69, 9.17) is 0 Å². The minimum Gasteiger partial charge on any atom is -0.548 e. The number of rotatable bonds is 5. The summed E-state index contributed by atoms with van der Waals surface area (Å²) in [5, 5.41) is 9.79. The van der Waals surface area contributed by atoms with Crippen molar-refractivity contribution < 1.29 is 19.5 Å². The summed E-state index contributed by atoms with van der Waals surface area (Å²) in [4.78, 5) is 38.8. The van der Waals surface area contributed by atoms with Gasteiger partial charge in [-0.2, -0.15) is 0 Å². The van der Waals surface area contributed by atoms with Gasteiger partial charge in [0, 0.05) is 5.69 Å². The zero-order chi connectivity index (χ0) is 18.0. The smallest absolute Gasteiger partial charge is 0.295 e. The average molecular weight is 355 g/mol. The Hall–Kier alpha value is -2.80. The number of benzene rings is 2. The number of aliphatic carboxylic acids is 1. The average Bonchev–Trinajstić information content (AvgIpc) is 2.88. The number of carboxylic acid groups (broad SMARTS) is 1. The molecule has 1 atom stereocenters. The maximum absolute atomic E-state index is 12.8. The maximum Gasteiger partial charge on any atom is 0.295 e. The minimum atomic E-state index is -1.32. The summed E-state index contributed by atoms with van der Waals surface area (Å²) in [6.45, 7) is 1.42. The molecule has 2 aromatic rings. The monoisotopic (exact) mass is 355 g/mol. The zero-order valence-corrected chi connectivity index (χ0v) is 14.2. The number of imide groups is 1. The second-order valence-corrected chi connectivity index (χ2v) is 6.61. The standard InChI is InChI=1S/C18H16N2O4S/c1-12-7-9-13(10-8-12)19(11-15(21)22)17-16(23)20(18(24)25-17)14-5-3-2-4-6-14/h2-10,17H,11H2,1H3,(H,21,22)/p-1/t17-/m1/s1. The van der Waals surface area contributed by atoms with Crippen molar-refractivity contribution in [2.75, 3.05) is 16.3 Å². The molecule has 0 N–H and O–H groups in total. The molecule has 0 unspecified atom stereocenters. The summed E-state index contributed by atoms with van der Waals surface area (Å²) in [5.41, 5.74) is 2.01. The molecule has 1 heterocycles. The van der Waals surface area contributed by atoms with Gasteiger partial charge in [-0.3, -0.25) is 9.59 Å². The number of amides is 2. The molecule has 1 aliphatic heterocycles. The number of carbonyl (C=O) groups is 3. The van der Waals surface area contributed by atoms with Gasteiger partial charge in [-0.1, -0.05) is 35.9 Å². The quantitative estimate of drug-likeness (QED) is 0.813. The molecule has 0 aliphatic carbocycles. The highest BCUT2D eigenvalue weighted by molar-refractivity contribution is 8.16. The molecule has 0 spiro atoms. The number of hydrogen-bond donors (Lipinski definition) is 0. The van der Waals surface area contributed by atoms with Crippen LogP contribution in [-0.2, 0) is 9.59 Å². The Labute approximate surface area is 149 Å². The number of anilines is 2. The van der Waals surface area contributed by atoms with E-state index in [2.05, 4.69) is 0 Å². The number of hydrogen-bond acceptors (Lipinski definition) is 6. The highest BCUT2D eigenvalue weighted by Crippen LogP contribution is 2.35. The van der Waals surface area contributed by atoms with Crippen LogP contribution in [0.25, 0.3) is 0 Å². The number of aryl methyl sites for hydroxylation is 1. The summed E-state index contributed by atoms with van der Waals surface area (Å²) in [5.74, 6) is -1.79. The maximum atomic E-state index is 12.8. The van der Waals surface area contributed by atoms with Crippen molar-refractivity contribution in [2.24, 2.45) is 0 Å². The summed E-state index contributed by atoms with van der Waals surface area (Å²) >= 11 is 0.798.